The molecule has 110 valence electrons. The fraction of sp³-hybridized carbons (Fsp3) is 0. The van der Waals surface area contributed by atoms with Gasteiger partial charge in [-0.05, 0) is 44.2 Å². The van der Waals surface area contributed by atoms with E-state index < -0.39 is 7.12 Å². The molecule has 0 radical (unpaired) electrons. The molecule has 0 aliphatic rings. The molecule has 23 heavy (non-hydrogen) atoms. The first-order valence-corrected chi connectivity index (χ1v) is 7.61. The largest absolute Gasteiger partial charge is 0.488 e. The Balaban J connectivity index is 2.01. The Hall–Kier alpha value is -2.62. The van der Waals surface area contributed by atoms with Crippen molar-refractivity contribution >= 4 is 34.1 Å². The molecule has 0 spiro atoms. The van der Waals surface area contributed by atoms with Gasteiger partial charge in [-0.1, -0.05) is 72.8 Å². The molecule has 4 rings (SSSR count). The van der Waals surface area contributed by atoms with Gasteiger partial charge in [0.1, 0.15) is 0 Å². The molecule has 0 atom stereocenters. The van der Waals surface area contributed by atoms with E-state index in [0.717, 1.165) is 11.1 Å². The molecule has 0 saturated heterocycles. The minimum absolute atomic E-state index is 0.499. The summed E-state index contributed by atoms with van der Waals surface area (Å²) in [7, 11) is -1.43. The van der Waals surface area contributed by atoms with Gasteiger partial charge in [0.2, 0.25) is 0 Å². The summed E-state index contributed by atoms with van der Waals surface area (Å²) in [6.45, 7) is 0. The maximum Gasteiger partial charge on any atom is 0.488 e. The zero-order valence-corrected chi connectivity index (χ0v) is 12.5. The van der Waals surface area contributed by atoms with Gasteiger partial charge < -0.3 is 10.0 Å². The summed E-state index contributed by atoms with van der Waals surface area (Å²) in [6.07, 6.45) is 0. The minimum Gasteiger partial charge on any atom is -0.423 e. The van der Waals surface area contributed by atoms with E-state index in [1.807, 2.05) is 24.3 Å². The molecule has 0 heterocycles. The number of fused-ring (bicyclic) bond motifs is 3. The van der Waals surface area contributed by atoms with E-state index in [4.69, 9.17) is 0 Å². The SMILES string of the molecule is OB(O)c1ccc(-c2cc3ccccc3c3ccccc23)cc1. The van der Waals surface area contributed by atoms with Crippen molar-refractivity contribution < 1.29 is 10.0 Å². The number of rotatable bonds is 2. The fourth-order valence-corrected chi connectivity index (χ4v) is 3.13. The van der Waals surface area contributed by atoms with E-state index in [2.05, 4.69) is 42.5 Å². The lowest BCUT2D eigenvalue weighted by Crippen LogP contribution is -2.29. The maximum atomic E-state index is 9.25. The lowest BCUT2D eigenvalue weighted by Gasteiger charge is -2.11. The summed E-state index contributed by atoms with van der Waals surface area (Å²) < 4.78 is 0. The highest BCUT2D eigenvalue weighted by molar-refractivity contribution is 6.58. The molecule has 0 fully saturated rings. The van der Waals surface area contributed by atoms with E-state index in [1.54, 1.807) is 12.1 Å². The van der Waals surface area contributed by atoms with Crippen LogP contribution in [0.25, 0.3) is 32.7 Å². The van der Waals surface area contributed by atoms with Crippen LogP contribution >= 0.6 is 0 Å². The summed E-state index contributed by atoms with van der Waals surface area (Å²) in [4.78, 5) is 0. The average molecular weight is 298 g/mol. The third kappa shape index (κ3) is 2.40. The van der Waals surface area contributed by atoms with Crippen LogP contribution in [-0.2, 0) is 0 Å². The molecule has 0 aliphatic heterocycles. The molecule has 0 amide bonds. The Kier molecular flexibility index (Phi) is 3.38. The number of benzene rings is 4. The van der Waals surface area contributed by atoms with Gasteiger partial charge in [0.25, 0.3) is 0 Å². The van der Waals surface area contributed by atoms with Gasteiger partial charge in [0.05, 0.1) is 0 Å². The van der Waals surface area contributed by atoms with Gasteiger partial charge in [0.15, 0.2) is 0 Å². The van der Waals surface area contributed by atoms with Crippen molar-refractivity contribution in [1.29, 1.82) is 0 Å². The van der Waals surface area contributed by atoms with Crippen LogP contribution in [0, 0.1) is 0 Å². The monoisotopic (exact) mass is 298 g/mol. The molecular weight excluding hydrogens is 283 g/mol. The average Bonchev–Trinajstić information content (AvgIpc) is 2.61. The zero-order valence-electron chi connectivity index (χ0n) is 12.5. The summed E-state index contributed by atoms with van der Waals surface area (Å²) in [5.41, 5.74) is 2.72. The van der Waals surface area contributed by atoms with Crippen LogP contribution in [0.15, 0.2) is 78.9 Å². The van der Waals surface area contributed by atoms with Crippen molar-refractivity contribution in [2.24, 2.45) is 0 Å². The van der Waals surface area contributed by atoms with E-state index in [1.165, 1.54) is 21.5 Å². The Morgan fingerprint density at radius 3 is 1.91 bits per heavy atom. The predicted octanol–water partition coefficient (Wildman–Crippen LogP) is 3.34. The van der Waals surface area contributed by atoms with E-state index in [9.17, 15) is 10.0 Å². The minimum atomic E-state index is -1.43. The van der Waals surface area contributed by atoms with Gasteiger partial charge in [-0.2, -0.15) is 0 Å². The summed E-state index contributed by atoms with van der Waals surface area (Å²) in [5.74, 6) is 0. The first-order chi connectivity index (χ1) is 11.2. The summed E-state index contributed by atoms with van der Waals surface area (Å²) in [6, 6.07) is 26.3. The molecule has 4 aromatic rings. The zero-order chi connectivity index (χ0) is 15.8. The molecule has 0 unspecified atom stereocenters. The smallest absolute Gasteiger partial charge is 0.423 e. The second-order valence-electron chi connectivity index (χ2n) is 5.69. The molecule has 4 aromatic carbocycles. The van der Waals surface area contributed by atoms with Crippen molar-refractivity contribution in [2.75, 3.05) is 0 Å². The molecule has 2 nitrogen and oxygen atoms in total. The Morgan fingerprint density at radius 1 is 0.609 bits per heavy atom. The highest BCUT2D eigenvalue weighted by Gasteiger charge is 2.12. The highest BCUT2D eigenvalue weighted by atomic mass is 16.4. The second-order valence-corrected chi connectivity index (χ2v) is 5.69. The van der Waals surface area contributed by atoms with Gasteiger partial charge in [-0.25, -0.2) is 0 Å². The molecule has 0 bridgehead atoms. The maximum absolute atomic E-state index is 9.25. The predicted molar refractivity (Wildman–Crippen MR) is 96.7 cm³/mol. The van der Waals surface area contributed by atoms with E-state index >= 15 is 0 Å². The van der Waals surface area contributed by atoms with Crippen molar-refractivity contribution in [1.82, 2.24) is 0 Å². The van der Waals surface area contributed by atoms with Crippen LogP contribution < -0.4 is 5.46 Å². The molecule has 2 N–H and O–H groups in total. The summed E-state index contributed by atoms with van der Waals surface area (Å²) in [5, 5.41) is 23.4. The van der Waals surface area contributed by atoms with E-state index in [0.29, 0.717) is 5.46 Å². The topological polar surface area (TPSA) is 40.5 Å². The summed E-state index contributed by atoms with van der Waals surface area (Å²) >= 11 is 0. The van der Waals surface area contributed by atoms with Crippen LogP contribution in [-0.4, -0.2) is 17.2 Å². The molecule has 0 aliphatic carbocycles. The number of hydrogen-bond donors (Lipinski definition) is 2. The van der Waals surface area contributed by atoms with Crippen LogP contribution in [0.2, 0.25) is 0 Å². The molecule has 0 aromatic heterocycles. The van der Waals surface area contributed by atoms with Crippen LogP contribution in [0.3, 0.4) is 0 Å². The lowest BCUT2D eigenvalue weighted by molar-refractivity contribution is 0.426. The van der Waals surface area contributed by atoms with Crippen molar-refractivity contribution in [3.63, 3.8) is 0 Å². The molecule has 3 heteroatoms. The molecular formula is C20H15BO2. The first-order valence-electron chi connectivity index (χ1n) is 7.61. The third-order valence-corrected chi connectivity index (χ3v) is 4.29. The second kappa shape index (κ2) is 5.54. The standard InChI is InChI=1S/C20H15BO2/c22-21(23)16-11-9-14(10-12-16)20-13-15-5-1-2-6-17(15)18-7-3-4-8-19(18)20/h1-13,22-23H. The van der Waals surface area contributed by atoms with Crippen LogP contribution in [0.1, 0.15) is 0 Å². The van der Waals surface area contributed by atoms with Gasteiger partial charge in [-0.15, -0.1) is 0 Å². The Bertz CT molecular complexity index is 991. The lowest BCUT2D eigenvalue weighted by atomic mass is 9.79. The van der Waals surface area contributed by atoms with Crippen molar-refractivity contribution in [3.8, 4) is 11.1 Å². The molecule has 0 saturated carbocycles. The fourth-order valence-electron chi connectivity index (χ4n) is 3.13. The van der Waals surface area contributed by atoms with Crippen LogP contribution in [0.4, 0.5) is 0 Å². The third-order valence-electron chi connectivity index (χ3n) is 4.29. The highest BCUT2D eigenvalue weighted by Crippen LogP contribution is 2.34. The van der Waals surface area contributed by atoms with E-state index in [-0.39, 0.29) is 0 Å². The normalized spacial score (nSPS) is 11.0. The first kappa shape index (κ1) is 14.0. The van der Waals surface area contributed by atoms with Crippen molar-refractivity contribution in [3.05, 3.63) is 78.9 Å². The quantitative estimate of drug-likeness (QED) is 0.440. The van der Waals surface area contributed by atoms with Gasteiger partial charge in [-0.3, -0.25) is 0 Å². The van der Waals surface area contributed by atoms with Gasteiger partial charge >= 0.3 is 7.12 Å². The Labute approximate surface area is 134 Å². The van der Waals surface area contributed by atoms with Crippen LogP contribution in [0.5, 0.6) is 0 Å². The van der Waals surface area contributed by atoms with Gasteiger partial charge in [0, 0.05) is 0 Å². The van der Waals surface area contributed by atoms with Crippen molar-refractivity contribution in [2.45, 2.75) is 0 Å². The Morgan fingerprint density at radius 2 is 1.22 bits per heavy atom. The number of hydrogen-bond acceptors (Lipinski definition) is 2.